The molecule has 2 aliphatic heterocycles. The van der Waals surface area contributed by atoms with Crippen LogP contribution in [0.5, 0.6) is 11.5 Å². The molecule has 0 unspecified atom stereocenters. The van der Waals surface area contributed by atoms with Crippen molar-refractivity contribution < 1.29 is 32.6 Å². The van der Waals surface area contributed by atoms with Crippen molar-refractivity contribution in [3.8, 4) is 22.6 Å². The summed E-state index contributed by atoms with van der Waals surface area (Å²) in [5.74, 6) is 1.52. The Bertz CT molecular complexity index is 2040. The van der Waals surface area contributed by atoms with Gasteiger partial charge in [0.15, 0.2) is 0 Å². The molecule has 0 bridgehead atoms. The van der Waals surface area contributed by atoms with Crippen molar-refractivity contribution in [1.29, 1.82) is 0 Å². The van der Waals surface area contributed by atoms with E-state index in [9.17, 15) is 23.1 Å². The lowest BCUT2D eigenvalue weighted by molar-refractivity contribution is -0.128. The monoisotopic (exact) mass is 749 g/mol. The van der Waals surface area contributed by atoms with Crippen LogP contribution in [0, 0.1) is 0 Å². The lowest BCUT2D eigenvalue weighted by Gasteiger charge is -2.34. The number of allylic oxidation sites excluding steroid dienone is 3. The summed E-state index contributed by atoms with van der Waals surface area (Å²) in [6.45, 7) is 6.24. The van der Waals surface area contributed by atoms with Crippen LogP contribution in [-0.4, -0.2) is 84.8 Å². The molecular weight excluding hydrogens is 703 g/mol. The number of benzene rings is 4. The molecule has 2 amide bonds. The molecule has 4 aromatic rings. The molecule has 0 atom stereocenters. The van der Waals surface area contributed by atoms with Crippen LogP contribution < -0.4 is 9.47 Å². The van der Waals surface area contributed by atoms with Crippen LogP contribution in [0.2, 0.25) is 0 Å². The van der Waals surface area contributed by atoms with E-state index in [0.29, 0.717) is 43.9 Å². The maximum atomic E-state index is 13.2. The molecule has 54 heavy (non-hydrogen) atoms. The van der Waals surface area contributed by atoms with Gasteiger partial charge >= 0.3 is 0 Å². The molecular formula is C43H47N3O7S. The highest BCUT2D eigenvalue weighted by Crippen LogP contribution is 2.25. The van der Waals surface area contributed by atoms with E-state index in [4.69, 9.17) is 9.47 Å². The first-order chi connectivity index (χ1) is 26.0. The van der Waals surface area contributed by atoms with Crippen LogP contribution in [0.1, 0.15) is 48.2 Å². The largest absolute Gasteiger partial charge is 0.513 e. The number of sulfonamides is 1. The molecule has 282 valence electrons. The Morgan fingerprint density at radius 3 is 1.91 bits per heavy atom. The minimum absolute atomic E-state index is 0.0207. The average molecular weight is 750 g/mol. The van der Waals surface area contributed by atoms with Crippen LogP contribution in [0.3, 0.4) is 0 Å². The molecule has 6 rings (SSSR count). The summed E-state index contributed by atoms with van der Waals surface area (Å²) in [7, 11) is -3.45. The van der Waals surface area contributed by atoms with Crippen LogP contribution in [-0.2, 0) is 27.2 Å². The van der Waals surface area contributed by atoms with Gasteiger partial charge in [-0.25, -0.2) is 8.42 Å². The number of amides is 2. The topological polar surface area (TPSA) is 117 Å². The van der Waals surface area contributed by atoms with Gasteiger partial charge in [-0.1, -0.05) is 72.8 Å². The second kappa shape index (κ2) is 17.6. The van der Waals surface area contributed by atoms with Gasteiger partial charge in [-0.2, -0.15) is 4.31 Å². The number of ether oxygens (including phenoxy) is 2. The Morgan fingerprint density at radius 1 is 0.704 bits per heavy atom. The van der Waals surface area contributed by atoms with Gasteiger partial charge in [-0.15, -0.1) is 0 Å². The van der Waals surface area contributed by atoms with Crippen LogP contribution >= 0.6 is 0 Å². The Morgan fingerprint density at radius 2 is 1.30 bits per heavy atom. The number of carbonyl (C=O) groups excluding carboxylic acids is 2. The van der Waals surface area contributed by atoms with Gasteiger partial charge in [0, 0.05) is 63.2 Å². The summed E-state index contributed by atoms with van der Waals surface area (Å²) >= 11 is 0. The lowest BCUT2D eigenvalue weighted by Crippen LogP contribution is -2.50. The van der Waals surface area contributed by atoms with E-state index >= 15 is 0 Å². The van der Waals surface area contributed by atoms with E-state index in [1.807, 2.05) is 108 Å². The number of likely N-dealkylation sites (tertiary alicyclic amines) is 1. The van der Waals surface area contributed by atoms with Crippen molar-refractivity contribution in [3.05, 3.63) is 143 Å². The Balaban J connectivity index is 0.930. The molecule has 2 saturated heterocycles. The molecule has 0 aliphatic carbocycles. The summed E-state index contributed by atoms with van der Waals surface area (Å²) in [5, 5.41) is 9.35. The molecule has 0 aromatic heterocycles. The van der Waals surface area contributed by atoms with Gasteiger partial charge in [0.2, 0.25) is 15.9 Å². The number of nitrogens with zero attached hydrogens (tertiary/aromatic N) is 3. The molecule has 2 fully saturated rings. The molecule has 1 N–H and O–H groups in total. The summed E-state index contributed by atoms with van der Waals surface area (Å²) in [6, 6.07) is 32.3. The molecule has 2 heterocycles. The maximum absolute atomic E-state index is 13.2. The molecule has 11 heteroatoms. The average Bonchev–Trinajstić information content (AvgIpc) is 3.20. The highest BCUT2D eigenvalue weighted by Gasteiger charge is 2.29. The minimum atomic E-state index is -3.45. The number of aliphatic hydroxyl groups is 1. The quantitative estimate of drug-likeness (QED) is 0.0943. The third-order valence-corrected chi connectivity index (χ3v) is 11.6. The first-order valence-electron chi connectivity index (χ1n) is 18.3. The van der Waals surface area contributed by atoms with E-state index in [1.54, 1.807) is 24.8 Å². The maximum Gasteiger partial charge on any atom is 0.253 e. The first-order valence-corrected chi connectivity index (χ1v) is 19.9. The van der Waals surface area contributed by atoms with Crippen molar-refractivity contribution in [2.24, 2.45) is 0 Å². The summed E-state index contributed by atoms with van der Waals surface area (Å²) in [6.07, 6.45) is 4.71. The predicted octanol–water partition coefficient (Wildman–Crippen LogP) is 7.00. The van der Waals surface area contributed by atoms with Gasteiger partial charge in [-0.05, 0) is 78.6 Å². The fourth-order valence-corrected chi connectivity index (χ4v) is 8.06. The molecule has 2 aliphatic rings. The van der Waals surface area contributed by atoms with Gasteiger partial charge < -0.3 is 24.4 Å². The Kier molecular flexibility index (Phi) is 12.5. The SMILES string of the molecule is C/C(O)=C\C=C(/C)C(=O)N1CCC(Oc2ccc(COc3ccc(-c4ccc(C(=O)N5CCN(S(=O)(=O)Cc6ccccc6)CC5)cc4)cc3)cc2)CC1. The normalized spacial score (nSPS) is 16.3. The second-order valence-electron chi connectivity index (χ2n) is 13.7. The molecule has 10 nitrogen and oxygen atoms in total. The van der Waals surface area contributed by atoms with Crippen LogP contribution in [0.15, 0.2) is 127 Å². The second-order valence-corrected chi connectivity index (χ2v) is 15.7. The van der Waals surface area contributed by atoms with Crippen LogP contribution in [0.4, 0.5) is 0 Å². The van der Waals surface area contributed by atoms with Gasteiger partial charge in [0.25, 0.3) is 5.91 Å². The number of rotatable bonds is 12. The number of piperidine rings is 1. The van der Waals surface area contributed by atoms with Gasteiger partial charge in [0.1, 0.15) is 24.2 Å². The summed E-state index contributed by atoms with van der Waals surface area (Å²) < 4.78 is 39.6. The summed E-state index contributed by atoms with van der Waals surface area (Å²) in [4.78, 5) is 29.4. The fourth-order valence-electron chi connectivity index (χ4n) is 6.54. The van der Waals surface area contributed by atoms with Crippen molar-refractivity contribution in [3.63, 3.8) is 0 Å². The molecule has 0 radical (unpaired) electrons. The van der Waals surface area contributed by atoms with Crippen molar-refractivity contribution >= 4 is 21.8 Å². The van der Waals surface area contributed by atoms with Crippen molar-refractivity contribution in [1.82, 2.24) is 14.1 Å². The van der Waals surface area contributed by atoms with Crippen LogP contribution in [0.25, 0.3) is 11.1 Å². The van der Waals surface area contributed by atoms with Crippen molar-refractivity contribution in [2.45, 2.75) is 45.2 Å². The highest BCUT2D eigenvalue weighted by atomic mass is 32.2. The minimum Gasteiger partial charge on any atom is -0.513 e. The van der Waals surface area contributed by atoms with E-state index < -0.39 is 10.0 Å². The van der Waals surface area contributed by atoms with E-state index in [1.165, 1.54) is 10.4 Å². The molecule has 4 aromatic carbocycles. The lowest BCUT2D eigenvalue weighted by atomic mass is 10.0. The Labute approximate surface area is 318 Å². The van der Waals surface area contributed by atoms with E-state index in [0.717, 1.165) is 46.6 Å². The fraction of sp³-hybridized carbons (Fsp3) is 0.302. The number of carbonyl (C=O) groups is 2. The zero-order chi connectivity index (χ0) is 38.1. The smallest absolute Gasteiger partial charge is 0.253 e. The number of piperazine rings is 1. The molecule has 0 saturated carbocycles. The van der Waals surface area contributed by atoms with E-state index in [2.05, 4.69) is 0 Å². The van der Waals surface area contributed by atoms with Gasteiger partial charge in [-0.3, -0.25) is 9.59 Å². The summed E-state index contributed by atoms with van der Waals surface area (Å²) in [5.41, 5.74) is 4.89. The predicted molar refractivity (Wildman–Crippen MR) is 210 cm³/mol. The third-order valence-electron chi connectivity index (χ3n) is 9.70. The standard InChI is InChI=1S/C43H47N3O7S/c1-32(8-9-33(2)47)42(48)44-24-22-41(23-25-44)53-40-18-10-34(11-19-40)30-52-39-20-16-37(17-21-39)36-12-14-38(15-13-36)43(49)45-26-28-46(29-27-45)54(50,51)31-35-6-4-3-5-7-35/h3-21,41,47H,22-31H2,1-2H3/b32-8+,33-9+. The third kappa shape index (κ3) is 10.2. The molecule has 0 spiro atoms. The number of aliphatic hydroxyl groups excluding tert-OH is 1. The number of hydrogen-bond acceptors (Lipinski definition) is 7. The highest BCUT2D eigenvalue weighted by molar-refractivity contribution is 7.88. The number of hydrogen-bond donors (Lipinski definition) is 1. The zero-order valence-corrected chi connectivity index (χ0v) is 31.6. The zero-order valence-electron chi connectivity index (χ0n) is 30.8. The van der Waals surface area contributed by atoms with Gasteiger partial charge in [0.05, 0.1) is 11.5 Å². The Hall–Kier alpha value is -5.39. The van der Waals surface area contributed by atoms with Crippen molar-refractivity contribution in [2.75, 3.05) is 39.3 Å². The first kappa shape index (κ1) is 38.3. The van der Waals surface area contributed by atoms with E-state index in [-0.39, 0.29) is 42.5 Å².